The van der Waals surface area contributed by atoms with Crippen LogP contribution in [0.5, 0.6) is 0 Å². The van der Waals surface area contributed by atoms with Crippen LogP contribution in [0.3, 0.4) is 0 Å². The number of rotatable bonds is 3. The SMILES string of the molecule is CC1(/C=C/Cc2ccccc2)OCCO1. The molecule has 80 valence electrons. The summed E-state index contributed by atoms with van der Waals surface area (Å²) < 4.78 is 10.9. The van der Waals surface area contributed by atoms with Gasteiger partial charge in [0.15, 0.2) is 5.79 Å². The molecular weight excluding hydrogens is 188 g/mol. The van der Waals surface area contributed by atoms with Crippen LogP contribution >= 0.6 is 0 Å². The standard InChI is InChI=1S/C13H16O2/c1-13(14-10-11-15-13)9-5-8-12-6-3-2-4-7-12/h2-7,9H,8,10-11H2,1H3/b9-5+. The molecule has 1 heterocycles. The molecule has 0 saturated carbocycles. The second-order valence-electron chi connectivity index (χ2n) is 3.80. The number of ether oxygens (including phenoxy) is 2. The van der Waals surface area contributed by atoms with Crippen molar-refractivity contribution in [3.05, 3.63) is 48.0 Å². The molecule has 15 heavy (non-hydrogen) atoms. The molecule has 0 N–H and O–H groups in total. The monoisotopic (exact) mass is 204 g/mol. The Morgan fingerprint density at radius 1 is 1.20 bits per heavy atom. The third kappa shape index (κ3) is 2.91. The predicted molar refractivity (Wildman–Crippen MR) is 59.6 cm³/mol. The smallest absolute Gasteiger partial charge is 0.185 e. The third-order valence-corrected chi connectivity index (χ3v) is 2.48. The van der Waals surface area contributed by atoms with Gasteiger partial charge in [0.2, 0.25) is 0 Å². The van der Waals surface area contributed by atoms with Gasteiger partial charge in [-0.15, -0.1) is 0 Å². The summed E-state index contributed by atoms with van der Waals surface area (Å²) in [5.74, 6) is -0.505. The van der Waals surface area contributed by atoms with E-state index in [1.165, 1.54) is 5.56 Å². The zero-order valence-electron chi connectivity index (χ0n) is 8.98. The van der Waals surface area contributed by atoms with Crippen molar-refractivity contribution in [3.63, 3.8) is 0 Å². The summed E-state index contributed by atoms with van der Waals surface area (Å²) in [6, 6.07) is 10.4. The summed E-state index contributed by atoms with van der Waals surface area (Å²) in [5, 5.41) is 0. The number of allylic oxidation sites excluding steroid dienone is 1. The van der Waals surface area contributed by atoms with Crippen LogP contribution in [0.25, 0.3) is 0 Å². The summed E-state index contributed by atoms with van der Waals surface area (Å²) in [5.41, 5.74) is 1.30. The van der Waals surface area contributed by atoms with Gasteiger partial charge in [0, 0.05) is 0 Å². The molecule has 0 bridgehead atoms. The topological polar surface area (TPSA) is 18.5 Å². The average molecular weight is 204 g/mol. The Balaban J connectivity index is 1.90. The van der Waals surface area contributed by atoms with Crippen molar-refractivity contribution in [3.8, 4) is 0 Å². The van der Waals surface area contributed by atoms with Gasteiger partial charge in [-0.2, -0.15) is 0 Å². The van der Waals surface area contributed by atoms with Crippen LogP contribution in [0.1, 0.15) is 12.5 Å². The Hall–Kier alpha value is -1.12. The first kappa shape index (κ1) is 10.4. The minimum Gasteiger partial charge on any atom is -0.344 e. The van der Waals surface area contributed by atoms with Crippen molar-refractivity contribution >= 4 is 0 Å². The maximum atomic E-state index is 5.47. The molecule has 2 nitrogen and oxygen atoms in total. The summed E-state index contributed by atoms with van der Waals surface area (Å²) >= 11 is 0. The van der Waals surface area contributed by atoms with Gasteiger partial charge in [-0.3, -0.25) is 0 Å². The van der Waals surface area contributed by atoms with E-state index >= 15 is 0 Å². The van der Waals surface area contributed by atoms with Gasteiger partial charge in [0.05, 0.1) is 13.2 Å². The second kappa shape index (κ2) is 4.60. The zero-order chi connectivity index (χ0) is 10.6. The number of benzene rings is 1. The Labute approximate surface area is 90.5 Å². The lowest BCUT2D eigenvalue weighted by atomic mass is 10.1. The summed E-state index contributed by atoms with van der Waals surface area (Å²) in [7, 11) is 0. The van der Waals surface area contributed by atoms with Crippen LogP contribution in [0.2, 0.25) is 0 Å². The molecule has 0 amide bonds. The Bertz CT molecular complexity index is 324. The van der Waals surface area contributed by atoms with Crippen LogP contribution in [0, 0.1) is 0 Å². The predicted octanol–water partition coefficient (Wildman–Crippen LogP) is 2.55. The second-order valence-corrected chi connectivity index (χ2v) is 3.80. The quantitative estimate of drug-likeness (QED) is 0.704. The largest absolute Gasteiger partial charge is 0.344 e. The van der Waals surface area contributed by atoms with E-state index in [0.29, 0.717) is 13.2 Å². The molecule has 0 radical (unpaired) electrons. The van der Waals surface area contributed by atoms with Crippen molar-refractivity contribution in [2.24, 2.45) is 0 Å². The molecule has 1 aromatic rings. The Morgan fingerprint density at radius 2 is 1.87 bits per heavy atom. The first-order valence-corrected chi connectivity index (χ1v) is 5.28. The molecule has 0 unspecified atom stereocenters. The third-order valence-electron chi connectivity index (χ3n) is 2.48. The molecular formula is C13H16O2. The lowest BCUT2D eigenvalue weighted by Crippen LogP contribution is -2.21. The fourth-order valence-corrected chi connectivity index (χ4v) is 1.65. The van der Waals surface area contributed by atoms with Gasteiger partial charge in [0.1, 0.15) is 0 Å². The number of hydrogen-bond acceptors (Lipinski definition) is 2. The first-order valence-electron chi connectivity index (χ1n) is 5.28. The first-order chi connectivity index (χ1) is 7.29. The van der Waals surface area contributed by atoms with E-state index in [4.69, 9.17) is 9.47 Å². The molecule has 2 rings (SSSR count). The van der Waals surface area contributed by atoms with E-state index < -0.39 is 5.79 Å². The highest BCUT2D eigenvalue weighted by molar-refractivity contribution is 5.18. The van der Waals surface area contributed by atoms with Gasteiger partial charge in [-0.1, -0.05) is 36.4 Å². The fraction of sp³-hybridized carbons (Fsp3) is 0.385. The van der Waals surface area contributed by atoms with Crippen molar-refractivity contribution in [2.45, 2.75) is 19.1 Å². The van der Waals surface area contributed by atoms with E-state index in [9.17, 15) is 0 Å². The molecule has 1 saturated heterocycles. The molecule has 0 spiro atoms. The highest BCUT2D eigenvalue weighted by Crippen LogP contribution is 2.19. The average Bonchev–Trinajstić information content (AvgIpc) is 2.67. The maximum absolute atomic E-state index is 5.47. The highest BCUT2D eigenvalue weighted by atomic mass is 16.7. The van der Waals surface area contributed by atoms with E-state index in [2.05, 4.69) is 18.2 Å². The van der Waals surface area contributed by atoms with Gasteiger partial charge in [-0.25, -0.2) is 0 Å². The van der Waals surface area contributed by atoms with Gasteiger partial charge in [-0.05, 0) is 25.0 Å². The summed E-state index contributed by atoms with van der Waals surface area (Å²) in [6.07, 6.45) is 5.01. The Morgan fingerprint density at radius 3 is 2.53 bits per heavy atom. The molecule has 0 aliphatic carbocycles. The lowest BCUT2D eigenvalue weighted by molar-refractivity contribution is -0.0998. The minimum atomic E-state index is -0.505. The van der Waals surface area contributed by atoms with E-state index in [0.717, 1.165) is 6.42 Å². The molecule has 1 aliphatic heterocycles. The van der Waals surface area contributed by atoms with Crippen molar-refractivity contribution in [2.75, 3.05) is 13.2 Å². The van der Waals surface area contributed by atoms with Crippen LogP contribution in [0.15, 0.2) is 42.5 Å². The normalized spacial score (nSPS) is 19.8. The van der Waals surface area contributed by atoms with E-state index in [1.807, 2.05) is 31.2 Å². The van der Waals surface area contributed by atoms with E-state index in [-0.39, 0.29) is 0 Å². The Kier molecular flexibility index (Phi) is 3.19. The minimum absolute atomic E-state index is 0.505. The van der Waals surface area contributed by atoms with Crippen molar-refractivity contribution in [1.29, 1.82) is 0 Å². The zero-order valence-corrected chi connectivity index (χ0v) is 8.98. The molecule has 1 fully saturated rings. The number of hydrogen-bond donors (Lipinski definition) is 0. The van der Waals surface area contributed by atoms with Crippen molar-refractivity contribution < 1.29 is 9.47 Å². The highest BCUT2D eigenvalue weighted by Gasteiger charge is 2.27. The lowest BCUT2D eigenvalue weighted by Gasteiger charge is -2.16. The fourth-order valence-electron chi connectivity index (χ4n) is 1.65. The van der Waals surface area contributed by atoms with Crippen LogP contribution in [-0.4, -0.2) is 19.0 Å². The molecule has 2 heteroatoms. The van der Waals surface area contributed by atoms with Gasteiger partial charge in [0.25, 0.3) is 0 Å². The van der Waals surface area contributed by atoms with Crippen LogP contribution in [-0.2, 0) is 15.9 Å². The molecule has 0 aromatic heterocycles. The van der Waals surface area contributed by atoms with E-state index in [1.54, 1.807) is 0 Å². The van der Waals surface area contributed by atoms with Gasteiger partial charge >= 0.3 is 0 Å². The molecule has 0 atom stereocenters. The van der Waals surface area contributed by atoms with Crippen LogP contribution < -0.4 is 0 Å². The van der Waals surface area contributed by atoms with Crippen molar-refractivity contribution in [1.82, 2.24) is 0 Å². The molecule has 1 aromatic carbocycles. The van der Waals surface area contributed by atoms with Crippen LogP contribution in [0.4, 0.5) is 0 Å². The van der Waals surface area contributed by atoms with Gasteiger partial charge < -0.3 is 9.47 Å². The molecule has 1 aliphatic rings. The summed E-state index contributed by atoms with van der Waals surface area (Å²) in [6.45, 7) is 3.32. The maximum Gasteiger partial charge on any atom is 0.185 e. The summed E-state index contributed by atoms with van der Waals surface area (Å²) in [4.78, 5) is 0.